The molecule has 0 aliphatic rings. The summed E-state index contributed by atoms with van der Waals surface area (Å²) in [6, 6.07) is 6.86. The van der Waals surface area contributed by atoms with Gasteiger partial charge in [-0.1, -0.05) is 11.6 Å². The van der Waals surface area contributed by atoms with Gasteiger partial charge in [0.2, 0.25) is 0 Å². The fraction of sp³-hybridized carbons (Fsp3) is 0.143. The van der Waals surface area contributed by atoms with Crippen molar-refractivity contribution in [1.29, 1.82) is 0 Å². The zero-order valence-electron chi connectivity index (χ0n) is 10.6. The number of carbonyl (C=O) groups excluding carboxylic acids is 1. The highest BCUT2D eigenvalue weighted by Gasteiger charge is 2.10. The summed E-state index contributed by atoms with van der Waals surface area (Å²) in [4.78, 5) is 15.9. The van der Waals surface area contributed by atoms with Gasteiger partial charge in [-0.05, 0) is 36.8 Å². The third-order valence-corrected chi connectivity index (χ3v) is 2.97. The van der Waals surface area contributed by atoms with Crippen molar-refractivity contribution in [3.63, 3.8) is 0 Å². The van der Waals surface area contributed by atoms with Crippen molar-refractivity contribution in [2.24, 2.45) is 0 Å². The molecule has 4 nitrogen and oxygen atoms in total. The van der Waals surface area contributed by atoms with E-state index >= 15 is 0 Å². The van der Waals surface area contributed by atoms with Crippen LogP contribution in [0.1, 0.15) is 15.9 Å². The quantitative estimate of drug-likeness (QED) is 0.936. The molecule has 2 rings (SSSR count). The SMILES string of the molecule is COc1cc(C)c(NC(=O)c2cccnc2)cc1Cl. The van der Waals surface area contributed by atoms with E-state index in [9.17, 15) is 4.79 Å². The molecule has 1 aromatic carbocycles. The average Bonchev–Trinajstić information content (AvgIpc) is 2.43. The standard InChI is InChI=1S/C14H13ClN2O2/c1-9-6-13(19-2)11(15)7-12(9)17-14(18)10-4-3-5-16-8-10/h3-8H,1-2H3,(H,17,18). The van der Waals surface area contributed by atoms with Crippen LogP contribution in [0, 0.1) is 6.92 Å². The molecule has 0 aliphatic carbocycles. The summed E-state index contributed by atoms with van der Waals surface area (Å²) in [6.45, 7) is 1.87. The number of amides is 1. The summed E-state index contributed by atoms with van der Waals surface area (Å²) in [6.07, 6.45) is 3.13. The van der Waals surface area contributed by atoms with Gasteiger partial charge in [-0.25, -0.2) is 0 Å². The summed E-state index contributed by atoms with van der Waals surface area (Å²) in [5, 5.41) is 3.25. The number of benzene rings is 1. The lowest BCUT2D eigenvalue weighted by molar-refractivity contribution is 0.102. The topological polar surface area (TPSA) is 51.2 Å². The number of methoxy groups -OCH3 is 1. The molecular formula is C14H13ClN2O2. The van der Waals surface area contributed by atoms with Gasteiger partial charge in [0.15, 0.2) is 0 Å². The van der Waals surface area contributed by atoms with Crippen LogP contribution < -0.4 is 10.1 Å². The Bertz CT molecular complexity index is 600. The highest BCUT2D eigenvalue weighted by atomic mass is 35.5. The summed E-state index contributed by atoms with van der Waals surface area (Å²) >= 11 is 6.04. The number of nitrogens with one attached hydrogen (secondary N) is 1. The number of hydrogen-bond donors (Lipinski definition) is 1. The Kier molecular flexibility index (Phi) is 4.02. The lowest BCUT2D eigenvalue weighted by Gasteiger charge is -2.11. The van der Waals surface area contributed by atoms with Crippen LogP contribution in [0.3, 0.4) is 0 Å². The number of nitrogens with zero attached hydrogens (tertiary/aromatic N) is 1. The molecule has 0 unspecified atom stereocenters. The fourth-order valence-electron chi connectivity index (χ4n) is 1.64. The van der Waals surface area contributed by atoms with Gasteiger partial charge in [-0.15, -0.1) is 0 Å². The van der Waals surface area contributed by atoms with Gasteiger partial charge in [0.25, 0.3) is 5.91 Å². The largest absolute Gasteiger partial charge is 0.495 e. The third-order valence-electron chi connectivity index (χ3n) is 2.67. The molecule has 1 heterocycles. The lowest BCUT2D eigenvalue weighted by atomic mass is 10.1. The van der Waals surface area contributed by atoms with Gasteiger partial charge in [0.05, 0.1) is 17.7 Å². The van der Waals surface area contributed by atoms with E-state index in [-0.39, 0.29) is 5.91 Å². The van der Waals surface area contributed by atoms with Crippen LogP contribution in [-0.2, 0) is 0 Å². The van der Waals surface area contributed by atoms with Crippen LogP contribution in [0.25, 0.3) is 0 Å². The second-order valence-corrected chi connectivity index (χ2v) is 4.40. The first-order valence-corrected chi connectivity index (χ1v) is 6.05. The first-order valence-electron chi connectivity index (χ1n) is 5.67. The minimum Gasteiger partial charge on any atom is -0.495 e. The fourth-order valence-corrected chi connectivity index (χ4v) is 1.88. The Morgan fingerprint density at radius 2 is 2.21 bits per heavy atom. The number of pyridine rings is 1. The van der Waals surface area contributed by atoms with Crippen molar-refractivity contribution < 1.29 is 9.53 Å². The minimum absolute atomic E-state index is 0.225. The Morgan fingerprint density at radius 1 is 1.42 bits per heavy atom. The van der Waals surface area contributed by atoms with E-state index < -0.39 is 0 Å². The molecule has 0 atom stereocenters. The summed E-state index contributed by atoms with van der Waals surface area (Å²) in [5.74, 6) is 0.357. The molecule has 2 aromatic rings. The van der Waals surface area contributed by atoms with E-state index in [2.05, 4.69) is 10.3 Å². The number of hydrogen-bond acceptors (Lipinski definition) is 3. The van der Waals surface area contributed by atoms with E-state index in [4.69, 9.17) is 16.3 Å². The second kappa shape index (κ2) is 5.71. The maximum absolute atomic E-state index is 12.0. The Hall–Kier alpha value is -2.07. The van der Waals surface area contributed by atoms with Gasteiger partial charge < -0.3 is 10.1 Å². The maximum atomic E-state index is 12.0. The van der Waals surface area contributed by atoms with Crippen LogP contribution in [-0.4, -0.2) is 18.0 Å². The number of rotatable bonds is 3. The van der Waals surface area contributed by atoms with Crippen molar-refractivity contribution in [2.45, 2.75) is 6.92 Å². The zero-order chi connectivity index (χ0) is 13.8. The maximum Gasteiger partial charge on any atom is 0.257 e. The molecule has 19 heavy (non-hydrogen) atoms. The Balaban J connectivity index is 2.25. The van der Waals surface area contributed by atoms with E-state index in [0.717, 1.165) is 5.56 Å². The molecular weight excluding hydrogens is 264 g/mol. The predicted octanol–water partition coefficient (Wildman–Crippen LogP) is 3.30. The normalized spacial score (nSPS) is 10.1. The molecule has 1 N–H and O–H groups in total. The summed E-state index contributed by atoms with van der Waals surface area (Å²) < 4.78 is 5.12. The van der Waals surface area contributed by atoms with Gasteiger partial charge >= 0.3 is 0 Å². The van der Waals surface area contributed by atoms with Gasteiger partial charge in [-0.3, -0.25) is 9.78 Å². The van der Waals surface area contributed by atoms with Crippen molar-refractivity contribution >= 4 is 23.2 Å². The Morgan fingerprint density at radius 3 is 2.84 bits per heavy atom. The third kappa shape index (κ3) is 3.03. The zero-order valence-corrected chi connectivity index (χ0v) is 11.4. The van der Waals surface area contributed by atoms with Gasteiger partial charge in [-0.2, -0.15) is 0 Å². The van der Waals surface area contributed by atoms with Crippen molar-refractivity contribution in [1.82, 2.24) is 4.98 Å². The molecule has 0 aliphatic heterocycles. The number of halogens is 1. The van der Waals surface area contributed by atoms with E-state index in [1.807, 2.05) is 6.92 Å². The Labute approximate surface area is 116 Å². The molecule has 0 fully saturated rings. The molecule has 1 amide bonds. The van der Waals surface area contributed by atoms with E-state index in [1.165, 1.54) is 6.20 Å². The number of aromatic nitrogens is 1. The van der Waals surface area contributed by atoms with Crippen LogP contribution in [0.4, 0.5) is 5.69 Å². The highest BCUT2D eigenvalue weighted by Crippen LogP contribution is 2.30. The van der Waals surface area contributed by atoms with Gasteiger partial charge in [0.1, 0.15) is 5.75 Å². The van der Waals surface area contributed by atoms with Crippen molar-refractivity contribution in [3.05, 3.63) is 52.8 Å². The molecule has 0 radical (unpaired) electrons. The molecule has 0 spiro atoms. The number of aryl methyl sites for hydroxylation is 1. The minimum atomic E-state index is -0.225. The first kappa shape index (κ1) is 13.4. The second-order valence-electron chi connectivity index (χ2n) is 4.00. The van der Waals surface area contributed by atoms with Crippen molar-refractivity contribution in [3.8, 4) is 5.75 Å². The molecule has 0 saturated heterocycles. The summed E-state index contributed by atoms with van der Waals surface area (Å²) in [5.41, 5.74) is 2.02. The lowest BCUT2D eigenvalue weighted by Crippen LogP contribution is -2.13. The molecule has 5 heteroatoms. The number of carbonyl (C=O) groups is 1. The molecule has 0 bridgehead atoms. The average molecular weight is 277 g/mol. The highest BCUT2D eigenvalue weighted by molar-refractivity contribution is 6.32. The van der Waals surface area contributed by atoms with Gasteiger partial charge in [0, 0.05) is 18.1 Å². The number of anilines is 1. The molecule has 98 valence electrons. The van der Waals surface area contributed by atoms with E-state index in [0.29, 0.717) is 22.0 Å². The number of ether oxygens (including phenoxy) is 1. The molecule has 0 saturated carbocycles. The van der Waals surface area contributed by atoms with Crippen LogP contribution in [0.15, 0.2) is 36.7 Å². The molecule has 1 aromatic heterocycles. The van der Waals surface area contributed by atoms with E-state index in [1.54, 1.807) is 37.6 Å². The van der Waals surface area contributed by atoms with Crippen LogP contribution in [0.5, 0.6) is 5.75 Å². The van der Waals surface area contributed by atoms with Crippen molar-refractivity contribution in [2.75, 3.05) is 12.4 Å². The smallest absolute Gasteiger partial charge is 0.257 e. The predicted molar refractivity (Wildman–Crippen MR) is 74.9 cm³/mol. The van der Waals surface area contributed by atoms with Crippen LogP contribution >= 0.6 is 11.6 Å². The summed E-state index contributed by atoms with van der Waals surface area (Å²) in [7, 11) is 1.55. The van der Waals surface area contributed by atoms with Crippen LogP contribution in [0.2, 0.25) is 5.02 Å². The first-order chi connectivity index (χ1) is 9.11. The monoisotopic (exact) mass is 276 g/mol.